The smallest absolute Gasteiger partial charge is 0.254 e. The van der Waals surface area contributed by atoms with Gasteiger partial charge in [-0.3, -0.25) is 9.48 Å². The highest BCUT2D eigenvalue weighted by molar-refractivity contribution is 5.96. The Morgan fingerprint density at radius 3 is 2.83 bits per heavy atom. The number of pyridine rings is 1. The standard InChI is InChI=1S/C22H24FN5O2/c1-5-28-11-18-20(12(2)26-27(18)4)14-8-19(21(24)25-10-14)30-13(3)17-9-15(23)6-7-16(17)22(28)29/h6-10,13H,5,11H2,1-4H3,(H2,24,25). The lowest BCUT2D eigenvalue weighted by atomic mass is 10.00. The molecular formula is C22H24FN5O2. The number of anilines is 1. The van der Waals surface area contributed by atoms with Gasteiger partial charge in [-0.15, -0.1) is 0 Å². The van der Waals surface area contributed by atoms with Gasteiger partial charge in [0, 0.05) is 42.0 Å². The van der Waals surface area contributed by atoms with Gasteiger partial charge in [0.1, 0.15) is 11.9 Å². The average molecular weight is 409 g/mol. The lowest BCUT2D eigenvalue weighted by Crippen LogP contribution is -2.32. The van der Waals surface area contributed by atoms with Crippen molar-refractivity contribution in [1.82, 2.24) is 19.7 Å². The number of nitrogens with zero attached hydrogens (tertiary/aromatic N) is 4. The van der Waals surface area contributed by atoms with Crippen LogP contribution in [0.2, 0.25) is 0 Å². The van der Waals surface area contributed by atoms with E-state index < -0.39 is 11.9 Å². The zero-order valence-corrected chi connectivity index (χ0v) is 17.4. The van der Waals surface area contributed by atoms with E-state index in [-0.39, 0.29) is 11.7 Å². The third kappa shape index (κ3) is 3.28. The molecule has 2 aromatic heterocycles. The molecule has 0 fully saturated rings. The summed E-state index contributed by atoms with van der Waals surface area (Å²) in [7, 11) is 1.85. The summed E-state index contributed by atoms with van der Waals surface area (Å²) < 4.78 is 21.9. The molecule has 30 heavy (non-hydrogen) atoms. The molecular weight excluding hydrogens is 385 g/mol. The van der Waals surface area contributed by atoms with Gasteiger partial charge in [-0.1, -0.05) is 0 Å². The maximum absolute atomic E-state index is 14.1. The first-order valence-corrected chi connectivity index (χ1v) is 9.83. The number of rotatable bonds is 1. The van der Waals surface area contributed by atoms with Crippen LogP contribution in [0.15, 0.2) is 30.5 Å². The van der Waals surface area contributed by atoms with Crippen molar-refractivity contribution in [1.29, 1.82) is 0 Å². The van der Waals surface area contributed by atoms with Crippen molar-refractivity contribution in [2.75, 3.05) is 12.3 Å². The molecule has 4 rings (SSSR count). The largest absolute Gasteiger partial charge is 0.482 e. The lowest BCUT2D eigenvalue weighted by Gasteiger charge is -2.26. The van der Waals surface area contributed by atoms with Crippen LogP contribution < -0.4 is 10.5 Å². The van der Waals surface area contributed by atoms with E-state index in [1.54, 1.807) is 22.7 Å². The Morgan fingerprint density at radius 2 is 2.10 bits per heavy atom. The number of halogens is 1. The molecule has 0 aliphatic carbocycles. The summed E-state index contributed by atoms with van der Waals surface area (Å²) in [4.78, 5) is 19.4. The van der Waals surface area contributed by atoms with Crippen LogP contribution in [0, 0.1) is 12.7 Å². The van der Waals surface area contributed by atoms with E-state index in [2.05, 4.69) is 10.1 Å². The van der Waals surface area contributed by atoms with Crippen molar-refractivity contribution in [3.05, 3.63) is 58.8 Å². The van der Waals surface area contributed by atoms with Gasteiger partial charge in [0.25, 0.3) is 5.91 Å². The van der Waals surface area contributed by atoms with E-state index in [4.69, 9.17) is 10.5 Å². The van der Waals surface area contributed by atoms with Gasteiger partial charge >= 0.3 is 0 Å². The van der Waals surface area contributed by atoms with Crippen molar-refractivity contribution < 1.29 is 13.9 Å². The number of ether oxygens (including phenoxy) is 1. The SMILES string of the molecule is CCN1Cc2c(c(C)nn2C)-c2cnc(N)c(c2)OC(C)c2cc(F)ccc2C1=O. The van der Waals surface area contributed by atoms with Crippen LogP contribution in [0.25, 0.3) is 11.1 Å². The summed E-state index contributed by atoms with van der Waals surface area (Å²) in [5.74, 6) is -0.0189. The van der Waals surface area contributed by atoms with Gasteiger partial charge < -0.3 is 15.4 Å². The number of amides is 1. The fraction of sp³-hybridized carbons (Fsp3) is 0.318. The molecule has 1 aromatic carbocycles. The number of hydrogen-bond donors (Lipinski definition) is 1. The first-order valence-electron chi connectivity index (χ1n) is 9.83. The number of nitrogens with two attached hydrogens (primary N) is 1. The molecule has 0 spiro atoms. The van der Waals surface area contributed by atoms with Crippen LogP contribution in [0.1, 0.15) is 47.3 Å². The first kappa shape index (κ1) is 19.9. The topological polar surface area (TPSA) is 86.3 Å². The second-order valence-corrected chi connectivity index (χ2v) is 7.45. The van der Waals surface area contributed by atoms with E-state index in [1.165, 1.54) is 18.2 Å². The van der Waals surface area contributed by atoms with Crippen LogP contribution in [0.4, 0.5) is 10.2 Å². The Kier molecular flexibility index (Phi) is 4.93. The van der Waals surface area contributed by atoms with Crippen LogP contribution in [-0.4, -0.2) is 32.1 Å². The molecule has 0 saturated carbocycles. The van der Waals surface area contributed by atoms with Gasteiger partial charge in [0.05, 0.1) is 17.9 Å². The second kappa shape index (κ2) is 7.44. The minimum absolute atomic E-state index is 0.192. The minimum Gasteiger partial charge on any atom is -0.482 e. The molecule has 1 atom stereocenters. The molecule has 3 aromatic rings. The Bertz CT molecular complexity index is 1140. The summed E-state index contributed by atoms with van der Waals surface area (Å²) >= 11 is 0. The number of carbonyl (C=O) groups is 1. The van der Waals surface area contributed by atoms with Gasteiger partial charge in [-0.25, -0.2) is 9.37 Å². The minimum atomic E-state index is -0.605. The fourth-order valence-corrected chi connectivity index (χ4v) is 3.95. The number of aromatic nitrogens is 3. The lowest BCUT2D eigenvalue weighted by molar-refractivity contribution is 0.0744. The van der Waals surface area contributed by atoms with Gasteiger partial charge in [-0.05, 0) is 45.0 Å². The second-order valence-electron chi connectivity index (χ2n) is 7.45. The zero-order chi connectivity index (χ0) is 21.6. The van der Waals surface area contributed by atoms with Crippen LogP contribution in [0.5, 0.6) is 5.75 Å². The first-order chi connectivity index (χ1) is 14.3. The fourth-order valence-electron chi connectivity index (χ4n) is 3.95. The molecule has 1 aliphatic heterocycles. The monoisotopic (exact) mass is 409 g/mol. The normalized spacial score (nSPS) is 16.2. The van der Waals surface area contributed by atoms with Gasteiger partial charge in [0.2, 0.25) is 0 Å². The molecule has 3 heterocycles. The summed E-state index contributed by atoms with van der Waals surface area (Å²) in [6.45, 7) is 6.44. The van der Waals surface area contributed by atoms with Crippen molar-refractivity contribution in [3.8, 4) is 16.9 Å². The Morgan fingerprint density at radius 1 is 1.33 bits per heavy atom. The van der Waals surface area contributed by atoms with Crippen molar-refractivity contribution >= 4 is 11.7 Å². The Labute approximate surface area is 174 Å². The number of carbonyl (C=O) groups excluding carboxylic acids is 1. The summed E-state index contributed by atoms with van der Waals surface area (Å²) in [5, 5.41) is 4.55. The van der Waals surface area contributed by atoms with Crippen molar-refractivity contribution in [3.63, 3.8) is 0 Å². The molecule has 156 valence electrons. The van der Waals surface area contributed by atoms with Crippen LogP contribution in [0.3, 0.4) is 0 Å². The average Bonchev–Trinajstić information content (AvgIpc) is 2.99. The quantitative estimate of drug-likeness (QED) is 0.663. The van der Waals surface area contributed by atoms with E-state index in [1.807, 2.05) is 27.0 Å². The summed E-state index contributed by atoms with van der Waals surface area (Å²) in [6.07, 6.45) is 1.07. The number of aryl methyl sites for hydroxylation is 2. The molecule has 8 heteroatoms. The molecule has 7 nitrogen and oxygen atoms in total. The summed E-state index contributed by atoms with van der Waals surface area (Å²) in [6, 6.07) is 5.96. The number of benzene rings is 1. The third-order valence-electron chi connectivity index (χ3n) is 5.51. The molecule has 2 N–H and O–H groups in total. The molecule has 1 aliphatic rings. The van der Waals surface area contributed by atoms with Crippen molar-refractivity contribution in [2.24, 2.45) is 7.05 Å². The molecule has 1 amide bonds. The third-order valence-corrected chi connectivity index (χ3v) is 5.51. The van der Waals surface area contributed by atoms with Gasteiger partial charge in [-0.2, -0.15) is 5.10 Å². The number of hydrogen-bond acceptors (Lipinski definition) is 5. The summed E-state index contributed by atoms with van der Waals surface area (Å²) in [5.41, 5.74) is 10.3. The highest BCUT2D eigenvalue weighted by Gasteiger charge is 2.27. The Hall–Kier alpha value is -3.42. The number of nitrogen functional groups attached to an aromatic ring is 1. The maximum atomic E-state index is 14.1. The molecule has 2 bridgehead atoms. The van der Waals surface area contributed by atoms with Gasteiger partial charge in [0.15, 0.2) is 11.6 Å². The molecule has 0 saturated heterocycles. The van der Waals surface area contributed by atoms with E-state index in [0.717, 1.165) is 22.5 Å². The van der Waals surface area contributed by atoms with Crippen LogP contribution >= 0.6 is 0 Å². The maximum Gasteiger partial charge on any atom is 0.254 e. The predicted molar refractivity (Wildman–Crippen MR) is 111 cm³/mol. The molecule has 1 unspecified atom stereocenters. The van der Waals surface area contributed by atoms with Crippen LogP contribution in [-0.2, 0) is 13.6 Å². The zero-order valence-electron chi connectivity index (χ0n) is 17.4. The van der Waals surface area contributed by atoms with E-state index in [0.29, 0.717) is 30.0 Å². The predicted octanol–water partition coefficient (Wildman–Crippen LogP) is 3.63. The number of fused-ring (bicyclic) bond motifs is 5. The highest BCUT2D eigenvalue weighted by atomic mass is 19.1. The van der Waals surface area contributed by atoms with E-state index in [9.17, 15) is 9.18 Å². The van der Waals surface area contributed by atoms with Crippen molar-refractivity contribution in [2.45, 2.75) is 33.4 Å². The molecule has 0 radical (unpaired) electrons. The van der Waals surface area contributed by atoms with E-state index >= 15 is 0 Å². The highest BCUT2D eigenvalue weighted by Crippen LogP contribution is 2.35. The Balaban J connectivity index is 1.98.